The summed E-state index contributed by atoms with van der Waals surface area (Å²) in [6.07, 6.45) is -4.72. The minimum absolute atomic E-state index is 0.114. The molecule has 0 unspecified atom stereocenters. The molecule has 2 aromatic carbocycles. The van der Waals surface area contributed by atoms with E-state index in [1.807, 2.05) is 0 Å². The number of hydrogen-bond donors (Lipinski definition) is 1. The first-order valence-corrected chi connectivity index (χ1v) is 5.04. The maximum absolute atomic E-state index is 13.4. The van der Waals surface area contributed by atoms with Crippen molar-refractivity contribution in [1.29, 1.82) is 0 Å². The fourth-order valence-electron chi connectivity index (χ4n) is 1.63. The molecule has 0 saturated carbocycles. The first kappa shape index (κ1) is 12.4. The second kappa shape index (κ2) is 4.33. The van der Waals surface area contributed by atoms with Crippen LogP contribution in [0.3, 0.4) is 0 Å². The van der Waals surface area contributed by atoms with Gasteiger partial charge in [0.1, 0.15) is 11.6 Å². The minimum Gasteiger partial charge on any atom is -0.507 e. The van der Waals surface area contributed by atoms with Crippen molar-refractivity contribution < 1.29 is 22.7 Å². The quantitative estimate of drug-likeness (QED) is 0.757. The van der Waals surface area contributed by atoms with E-state index in [-0.39, 0.29) is 16.9 Å². The Balaban J connectivity index is 2.51. The molecule has 0 radical (unpaired) electrons. The number of phenolic OH excluding ortho intramolecular Hbond substituents is 1. The van der Waals surface area contributed by atoms with Gasteiger partial charge in [-0.05, 0) is 23.8 Å². The highest BCUT2D eigenvalue weighted by molar-refractivity contribution is 5.70. The largest absolute Gasteiger partial charge is 0.507 e. The highest BCUT2D eigenvalue weighted by atomic mass is 19.4. The Morgan fingerprint density at radius 3 is 2.17 bits per heavy atom. The lowest BCUT2D eigenvalue weighted by Crippen LogP contribution is -2.07. The molecule has 5 heteroatoms. The van der Waals surface area contributed by atoms with Gasteiger partial charge in [0.2, 0.25) is 0 Å². The van der Waals surface area contributed by atoms with E-state index in [1.165, 1.54) is 12.1 Å². The Labute approximate surface area is 100 Å². The smallest absolute Gasteiger partial charge is 0.419 e. The van der Waals surface area contributed by atoms with E-state index < -0.39 is 17.6 Å². The number of hydrogen-bond acceptors (Lipinski definition) is 1. The summed E-state index contributed by atoms with van der Waals surface area (Å²) in [5.41, 5.74) is -0.842. The lowest BCUT2D eigenvalue weighted by Gasteiger charge is -2.10. The summed E-state index contributed by atoms with van der Waals surface area (Å²) in [4.78, 5) is 0. The molecule has 1 nitrogen and oxygen atoms in total. The first-order chi connectivity index (χ1) is 8.39. The number of rotatable bonds is 1. The maximum atomic E-state index is 13.4. The van der Waals surface area contributed by atoms with Gasteiger partial charge in [-0.1, -0.05) is 24.3 Å². The van der Waals surface area contributed by atoms with Crippen molar-refractivity contribution in [3.8, 4) is 16.9 Å². The van der Waals surface area contributed by atoms with Crippen LogP contribution in [0.25, 0.3) is 11.1 Å². The summed E-state index contributed by atoms with van der Waals surface area (Å²) in [5.74, 6) is -1.47. The first-order valence-electron chi connectivity index (χ1n) is 5.04. The van der Waals surface area contributed by atoms with Crippen molar-refractivity contribution >= 4 is 0 Å². The Hall–Kier alpha value is -2.04. The molecule has 1 N–H and O–H groups in total. The molecule has 0 aromatic heterocycles. The summed E-state index contributed by atoms with van der Waals surface area (Å²) in [5, 5.41) is 9.54. The van der Waals surface area contributed by atoms with E-state index in [4.69, 9.17) is 0 Å². The maximum Gasteiger partial charge on any atom is 0.419 e. The number of phenols is 1. The van der Waals surface area contributed by atoms with Crippen LogP contribution < -0.4 is 0 Å². The van der Waals surface area contributed by atoms with Crippen LogP contribution in [0.2, 0.25) is 0 Å². The number of para-hydroxylation sites is 1. The Kier molecular flexibility index (Phi) is 2.98. The van der Waals surface area contributed by atoms with E-state index in [1.54, 1.807) is 12.1 Å². The fourth-order valence-corrected chi connectivity index (χ4v) is 1.63. The summed E-state index contributed by atoms with van der Waals surface area (Å²) in [6.45, 7) is 0. The molecule has 0 aliphatic heterocycles. The average molecular weight is 256 g/mol. The molecule has 2 aromatic rings. The molecule has 0 amide bonds. The van der Waals surface area contributed by atoms with E-state index >= 15 is 0 Å². The highest BCUT2D eigenvalue weighted by Crippen LogP contribution is 2.35. The number of alkyl halides is 3. The fraction of sp³-hybridized carbons (Fsp3) is 0.0769. The van der Waals surface area contributed by atoms with E-state index in [0.717, 1.165) is 12.1 Å². The molecule has 2 rings (SSSR count). The predicted molar refractivity (Wildman–Crippen MR) is 58.5 cm³/mol. The van der Waals surface area contributed by atoms with Crippen LogP contribution in [0.1, 0.15) is 5.56 Å². The van der Waals surface area contributed by atoms with Gasteiger partial charge in [0.25, 0.3) is 0 Å². The monoisotopic (exact) mass is 256 g/mol. The zero-order chi connectivity index (χ0) is 13.3. The minimum atomic E-state index is -4.72. The lowest BCUT2D eigenvalue weighted by molar-refractivity contribution is -0.139. The lowest BCUT2D eigenvalue weighted by atomic mass is 10.0. The van der Waals surface area contributed by atoms with E-state index in [2.05, 4.69) is 0 Å². The third kappa shape index (κ3) is 2.30. The molecular formula is C13H8F4O. The highest BCUT2D eigenvalue weighted by Gasteiger charge is 2.33. The van der Waals surface area contributed by atoms with Gasteiger partial charge < -0.3 is 5.11 Å². The summed E-state index contributed by atoms with van der Waals surface area (Å²) in [6, 6.07) is 8.60. The third-order valence-corrected chi connectivity index (χ3v) is 2.49. The van der Waals surface area contributed by atoms with Crippen LogP contribution in [-0.4, -0.2) is 5.11 Å². The van der Waals surface area contributed by atoms with Gasteiger partial charge in [-0.3, -0.25) is 0 Å². The topological polar surface area (TPSA) is 20.2 Å². The van der Waals surface area contributed by atoms with Crippen molar-refractivity contribution in [3.63, 3.8) is 0 Å². The molecule has 0 aliphatic carbocycles. The molecule has 0 bridgehead atoms. The molecule has 0 aliphatic rings. The van der Waals surface area contributed by atoms with Crippen molar-refractivity contribution in [1.82, 2.24) is 0 Å². The summed E-state index contributed by atoms with van der Waals surface area (Å²) < 4.78 is 50.5. The molecule has 0 saturated heterocycles. The van der Waals surface area contributed by atoms with Gasteiger partial charge >= 0.3 is 6.18 Å². The molecule has 0 fully saturated rings. The standard InChI is InChI=1S/C13H8F4O/c14-11-7-8(5-6-10(11)13(15,16)17)9-3-1-2-4-12(9)18/h1-7,18H. The molecule has 0 heterocycles. The normalized spacial score (nSPS) is 11.6. The SMILES string of the molecule is Oc1ccccc1-c1ccc(C(F)(F)F)c(F)c1. The van der Waals surface area contributed by atoms with Gasteiger partial charge in [-0.25, -0.2) is 4.39 Å². The van der Waals surface area contributed by atoms with Crippen LogP contribution in [0.4, 0.5) is 17.6 Å². The zero-order valence-electron chi connectivity index (χ0n) is 9.00. The third-order valence-electron chi connectivity index (χ3n) is 2.49. The van der Waals surface area contributed by atoms with Gasteiger partial charge in [-0.15, -0.1) is 0 Å². The second-order valence-electron chi connectivity index (χ2n) is 3.71. The van der Waals surface area contributed by atoms with Crippen molar-refractivity contribution in [2.75, 3.05) is 0 Å². The number of aromatic hydroxyl groups is 1. The Bertz CT molecular complexity index is 575. The molecule has 0 spiro atoms. The van der Waals surface area contributed by atoms with Crippen molar-refractivity contribution in [2.45, 2.75) is 6.18 Å². The summed E-state index contributed by atoms with van der Waals surface area (Å²) >= 11 is 0. The Morgan fingerprint density at radius 2 is 1.61 bits per heavy atom. The predicted octanol–water partition coefficient (Wildman–Crippen LogP) is 4.22. The van der Waals surface area contributed by atoms with Crippen LogP contribution in [0, 0.1) is 5.82 Å². The van der Waals surface area contributed by atoms with Crippen LogP contribution in [0.5, 0.6) is 5.75 Å². The molecule has 94 valence electrons. The Morgan fingerprint density at radius 1 is 0.944 bits per heavy atom. The van der Waals surface area contributed by atoms with Gasteiger partial charge in [0.15, 0.2) is 0 Å². The molecular weight excluding hydrogens is 248 g/mol. The number of halogens is 4. The molecule has 0 atom stereocenters. The number of benzene rings is 2. The van der Waals surface area contributed by atoms with Crippen LogP contribution >= 0.6 is 0 Å². The van der Waals surface area contributed by atoms with Gasteiger partial charge in [0.05, 0.1) is 5.56 Å². The zero-order valence-corrected chi connectivity index (χ0v) is 9.00. The second-order valence-corrected chi connectivity index (χ2v) is 3.71. The summed E-state index contributed by atoms with van der Waals surface area (Å²) in [7, 11) is 0. The van der Waals surface area contributed by atoms with E-state index in [0.29, 0.717) is 6.07 Å². The average Bonchev–Trinajstić information content (AvgIpc) is 2.27. The van der Waals surface area contributed by atoms with Gasteiger partial charge in [-0.2, -0.15) is 13.2 Å². The van der Waals surface area contributed by atoms with Crippen LogP contribution in [-0.2, 0) is 6.18 Å². The van der Waals surface area contributed by atoms with Gasteiger partial charge in [0, 0.05) is 5.56 Å². The van der Waals surface area contributed by atoms with Crippen molar-refractivity contribution in [3.05, 3.63) is 53.8 Å². The van der Waals surface area contributed by atoms with Crippen LogP contribution in [0.15, 0.2) is 42.5 Å². The molecule has 18 heavy (non-hydrogen) atoms. The van der Waals surface area contributed by atoms with E-state index in [9.17, 15) is 22.7 Å². The van der Waals surface area contributed by atoms with Crippen molar-refractivity contribution in [2.24, 2.45) is 0 Å².